The predicted octanol–water partition coefficient (Wildman–Crippen LogP) is 9.86. The van der Waals surface area contributed by atoms with Crippen LogP contribution in [0, 0.1) is 13.8 Å². The average Bonchev–Trinajstić information content (AvgIpc) is 3.27. The molecule has 0 aliphatic heterocycles. The summed E-state index contributed by atoms with van der Waals surface area (Å²) in [5.41, 5.74) is 15.8. The molecule has 0 aliphatic carbocycles. The summed E-state index contributed by atoms with van der Waals surface area (Å²) in [6, 6.07) is 18.8. The molecule has 4 aromatic heterocycles. The molecule has 0 N–H and O–H groups in total. The fourth-order valence-corrected chi connectivity index (χ4v) is 7.15. The van der Waals surface area contributed by atoms with E-state index in [9.17, 15) is 0 Å². The minimum Gasteiger partial charge on any atom is -0.306 e. The zero-order valence-electron chi connectivity index (χ0n) is 25.8. The molecule has 0 radical (unpaired) electrons. The number of pyridine rings is 3. The first-order valence-corrected chi connectivity index (χ1v) is 15.1. The van der Waals surface area contributed by atoms with Crippen molar-refractivity contribution in [1.82, 2.24) is 9.38 Å². The van der Waals surface area contributed by atoms with Gasteiger partial charge in [-0.15, -0.1) is 0 Å². The van der Waals surface area contributed by atoms with Gasteiger partial charge in [-0.1, -0.05) is 53.7 Å². The second-order valence-corrected chi connectivity index (χ2v) is 13.1. The van der Waals surface area contributed by atoms with Crippen LogP contribution in [0.15, 0.2) is 60.9 Å². The first kappa shape index (κ1) is 26.0. The van der Waals surface area contributed by atoms with Gasteiger partial charge in [0.1, 0.15) is 7.05 Å². The van der Waals surface area contributed by atoms with Crippen molar-refractivity contribution in [2.24, 2.45) is 7.05 Å². The Morgan fingerprint density at radius 1 is 0.780 bits per heavy atom. The van der Waals surface area contributed by atoms with Crippen LogP contribution in [0.2, 0.25) is 0 Å². The van der Waals surface area contributed by atoms with Crippen molar-refractivity contribution in [3.05, 3.63) is 88.7 Å². The lowest BCUT2D eigenvalue weighted by atomic mass is 9.81. The highest BCUT2D eigenvalue weighted by molar-refractivity contribution is 6.25. The largest absolute Gasteiger partial charge is 0.306 e. The summed E-state index contributed by atoms with van der Waals surface area (Å²) >= 11 is 0. The highest BCUT2D eigenvalue weighted by atomic mass is 15.0. The molecule has 0 saturated heterocycles. The molecule has 206 valence electrons. The smallest absolute Gasteiger partial charge is 0.224 e. The van der Waals surface area contributed by atoms with Crippen LogP contribution in [0.3, 0.4) is 0 Å². The molecule has 0 amide bonds. The lowest BCUT2D eigenvalue weighted by molar-refractivity contribution is -0.643. The Balaban J connectivity index is 1.75. The van der Waals surface area contributed by atoms with Crippen LogP contribution in [-0.2, 0) is 7.05 Å². The van der Waals surface area contributed by atoms with Crippen LogP contribution in [0.1, 0.15) is 87.1 Å². The van der Waals surface area contributed by atoms with Gasteiger partial charge < -0.3 is 4.40 Å². The third kappa shape index (κ3) is 3.57. The Labute approximate surface area is 242 Å². The summed E-state index contributed by atoms with van der Waals surface area (Å²) in [4.78, 5) is 4.92. The van der Waals surface area contributed by atoms with E-state index in [1.807, 2.05) is 6.20 Å². The van der Waals surface area contributed by atoms with Crippen molar-refractivity contribution in [3.8, 4) is 11.1 Å². The van der Waals surface area contributed by atoms with Gasteiger partial charge in [-0.2, -0.15) is 0 Å². The van der Waals surface area contributed by atoms with E-state index in [0.717, 1.165) is 5.52 Å². The van der Waals surface area contributed by atoms with Crippen molar-refractivity contribution in [2.75, 3.05) is 0 Å². The fourth-order valence-electron chi connectivity index (χ4n) is 7.15. The van der Waals surface area contributed by atoms with E-state index >= 15 is 0 Å². The van der Waals surface area contributed by atoms with Gasteiger partial charge in [-0.3, -0.25) is 4.98 Å². The van der Waals surface area contributed by atoms with Gasteiger partial charge in [-0.25, -0.2) is 4.57 Å². The van der Waals surface area contributed by atoms with Gasteiger partial charge in [0.15, 0.2) is 6.20 Å². The lowest BCUT2D eigenvalue weighted by Crippen LogP contribution is -2.29. The zero-order valence-corrected chi connectivity index (χ0v) is 25.8. The van der Waals surface area contributed by atoms with Gasteiger partial charge in [0.25, 0.3) is 0 Å². The Hall–Kier alpha value is -3.98. The van der Waals surface area contributed by atoms with E-state index in [1.165, 1.54) is 82.6 Å². The average molecular weight is 539 g/mol. The second-order valence-electron chi connectivity index (χ2n) is 13.1. The molecule has 0 atom stereocenters. The van der Waals surface area contributed by atoms with Crippen LogP contribution in [0.5, 0.6) is 0 Å². The van der Waals surface area contributed by atoms with Crippen molar-refractivity contribution in [3.63, 3.8) is 0 Å². The molecule has 0 unspecified atom stereocenters. The van der Waals surface area contributed by atoms with Crippen LogP contribution >= 0.6 is 0 Å². The number of hydrogen-bond acceptors (Lipinski definition) is 1. The molecule has 3 aromatic carbocycles. The summed E-state index contributed by atoms with van der Waals surface area (Å²) < 4.78 is 4.82. The number of rotatable bonds is 4. The zero-order chi connectivity index (χ0) is 28.9. The van der Waals surface area contributed by atoms with E-state index < -0.39 is 0 Å². The highest BCUT2D eigenvalue weighted by Gasteiger charge is 2.27. The summed E-state index contributed by atoms with van der Waals surface area (Å²) in [6.07, 6.45) is 4.17. The number of aromatic nitrogens is 3. The number of nitrogens with zero attached hydrogens (tertiary/aromatic N) is 3. The summed E-state index contributed by atoms with van der Waals surface area (Å²) in [5.74, 6) is 1.34. The molecule has 0 spiro atoms. The van der Waals surface area contributed by atoms with Crippen LogP contribution in [-0.4, -0.2) is 9.38 Å². The van der Waals surface area contributed by atoms with E-state index in [0.29, 0.717) is 17.8 Å². The topological polar surface area (TPSA) is 21.2 Å². The van der Waals surface area contributed by atoms with Gasteiger partial charge in [0.05, 0.1) is 32.8 Å². The molecule has 7 aromatic rings. The molecular formula is C38H40N3+. The normalized spacial score (nSPS) is 12.7. The molecule has 0 aliphatic rings. The molecule has 41 heavy (non-hydrogen) atoms. The number of aryl methyl sites for hydroxylation is 3. The van der Waals surface area contributed by atoms with Crippen molar-refractivity contribution in [1.29, 1.82) is 0 Å². The Kier molecular flexibility index (Phi) is 5.70. The Morgan fingerprint density at radius 3 is 2.15 bits per heavy atom. The van der Waals surface area contributed by atoms with E-state index in [1.54, 1.807) is 0 Å². The summed E-state index contributed by atoms with van der Waals surface area (Å²) in [5, 5.41) is 5.17. The molecule has 7 rings (SSSR count). The highest BCUT2D eigenvalue weighted by Crippen LogP contribution is 2.45. The summed E-state index contributed by atoms with van der Waals surface area (Å²) in [6.45, 7) is 18.5. The third-order valence-electron chi connectivity index (χ3n) is 9.44. The first-order chi connectivity index (χ1) is 19.6. The summed E-state index contributed by atoms with van der Waals surface area (Å²) in [7, 11) is 2.19. The minimum absolute atomic E-state index is 0.423. The molecule has 3 nitrogen and oxygen atoms in total. The van der Waals surface area contributed by atoms with Gasteiger partial charge in [-0.05, 0) is 106 Å². The molecule has 0 bridgehead atoms. The quantitative estimate of drug-likeness (QED) is 0.124. The number of benzene rings is 3. The van der Waals surface area contributed by atoms with Crippen LogP contribution < -0.4 is 4.57 Å². The maximum atomic E-state index is 4.92. The maximum Gasteiger partial charge on any atom is 0.224 e. The van der Waals surface area contributed by atoms with Crippen molar-refractivity contribution >= 4 is 49.1 Å². The van der Waals surface area contributed by atoms with Crippen molar-refractivity contribution in [2.45, 2.75) is 73.1 Å². The standard InChI is InChI=1S/C38H40N3/c1-20(2)26-17-28(21(3)4)34(29(18-26)22(5)6)27-16-25-12-14-40(9)38-33-24(8)23(7)15-30-36-31(11-10-13-39-36)41(37(30)33)32(19-27)35(25)38/h10-22H,1-9H3/q+1. The van der Waals surface area contributed by atoms with E-state index in [-0.39, 0.29) is 0 Å². The Bertz CT molecular complexity index is 2130. The van der Waals surface area contributed by atoms with E-state index in [2.05, 4.69) is 126 Å². The first-order valence-electron chi connectivity index (χ1n) is 15.1. The SMILES string of the molecule is Cc1cc2c3ncccc3n3c4cc(-c5c(C(C)C)cc(C(C)C)cc5C(C)C)cc5cc[n+](C)c(c(c1C)c23)c54. The maximum absolute atomic E-state index is 4.92. The monoisotopic (exact) mass is 538 g/mol. The Morgan fingerprint density at radius 2 is 1.49 bits per heavy atom. The minimum atomic E-state index is 0.423. The van der Waals surface area contributed by atoms with Crippen LogP contribution in [0.4, 0.5) is 0 Å². The van der Waals surface area contributed by atoms with Gasteiger partial charge >= 0.3 is 0 Å². The van der Waals surface area contributed by atoms with Crippen molar-refractivity contribution < 1.29 is 4.57 Å². The van der Waals surface area contributed by atoms with Gasteiger partial charge in [0.2, 0.25) is 5.52 Å². The lowest BCUT2D eigenvalue weighted by Gasteiger charge is -2.24. The molecule has 0 fully saturated rings. The number of fused-ring (bicyclic) bond motifs is 5. The van der Waals surface area contributed by atoms with Gasteiger partial charge in [0, 0.05) is 17.6 Å². The van der Waals surface area contributed by atoms with Crippen LogP contribution in [0.25, 0.3) is 60.3 Å². The fraction of sp³-hybridized carbons (Fsp3) is 0.316. The molecule has 0 saturated carbocycles. The van der Waals surface area contributed by atoms with E-state index in [4.69, 9.17) is 4.98 Å². The molecule has 4 heterocycles. The third-order valence-corrected chi connectivity index (χ3v) is 9.44. The second kappa shape index (κ2) is 9.01. The molecule has 3 heteroatoms. The predicted molar refractivity (Wildman–Crippen MR) is 175 cm³/mol. The molecular weight excluding hydrogens is 498 g/mol. The number of hydrogen-bond donors (Lipinski definition) is 0.